The number of aromatic amines is 1. The van der Waals surface area contributed by atoms with Gasteiger partial charge in [-0.05, 0) is 24.8 Å². The number of thiophene rings is 1. The van der Waals surface area contributed by atoms with Crippen molar-refractivity contribution < 1.29 is 4.79 Å². The molecule has 1 atom stereocenters. The third-order valence-corrected chi connectivity index (χ3v) is 3.97. The van der Waals surface area contributed by atoms with Gasteiger partial charge in [-0.15, -0.1) is 11.3 Å². The molecule has 0 radical (unpaired) electrons. The molecule has 0 saturated heterocycles. The standard InChI is InChI=1S/C13H18N4OS/c1-3-5-9-11(14)12(17-16-9)13(18)15-8(2)10-6-4-7-19-10/h4,6-8H,3,5,14H2,1-2H3,(H,15,18)(H,16,17). The van der Waals surface area contributed by atoms with Crippen LogP contribution in [0, 0.1) is 0 Å². The predicted octanol–water partition coefficient (Wildman–Crippen LogP) is 2.50. The van der Waals surface area contributed by atoms with E-state index in [0.717, 1.165) is 23.4 Å². The molecule has 5 nitrogen and oxygen atoms in total. The SMILES string of the molecule is CCCc1[nH]nc(C(=O)NC(C)c2cccs2)c1N. The highest BCUT2D eigenvalue weighted by Gasteiger charge is 2.19. The van der Waals surface area contributed by atoms with E-state index in [-0.39, 0.29) is 17.6 Å². The second-order valence-corrected chi connectivity index (χ2v) is 5.40. The van der Waals surface area contributed by atoms with Crippen LogP contribution in [0.3, 0.4) is 0 Å². The van der Waals surface area contributed by atoms with Crippen LogP contribution < -0.4 is 11.1 Å². The quantitative estimate of drug-likeness (QED) is 0.785. The fourth-order valence-corrected chi connectivity index (χ4v) is 2.61. The number of hydrogen-bond donors (Lipinski definition) is 3. The van der Waals surface area contributed by atoms with Crippen molar-refractivity contribution in [2.75, 3.05) is 5.73 Å². The highest BCUT2D eigenvalue weighted by Crippen LogP contribution is 2.20. The lowest BCUT2D eigenvalue weighted by molar-refractivity contribution is 0.0936. The van der Waals surface area contributed by atoms with Gasteiger partial charge in [-0.3, -0.25) is 9.89 Å². The van der Waals surface area contributed by atoms with E-state index in [1.165, 1.54) is 0 Å². The maximum absolute atomic E-state index is 12.1. The molecular weight excluding hydrogens is 260 g/mol. The third kappa shape index (κ3) is 2.96. The Morgan fingerprint density at radius 3 is 3.05 bits per heavy atom. The normalized spacial score (nSPS) is 12.3. The summed E-state index contributed by atoms with van der Waals surface area (Å²) >= 11 is 1.61. The van der Waals surface area contributed by atoms with Gasteiger partial charge in [0.2, 0.25) is 0 Å². The molecule has 0 aliphatic heterocycles. The van der Waals surface area contributed by atoms with E-state index in [9.17, 15) is 4.79 Å². The second-order valence-electron chi connectivity index (χ2n) is 4.43. The molecule has 2 heterocycles. The highest BCUT2D eigenvalue weighted by atomic mass is 32.1. The van der Waals surface area contributed by atoms with Gasteiger partial charge in [-0.25, -0.2) is 0 Å². The van der Waals surface area contributed by atoms with Crippen molar-refractivity contribution in [1.29, 1.82) is 0 Å². The Bertz CT molecular complexity index is 547. The van der Waals surface area contributed by atoms with Crippen molar-refractivity contribution in [2.24, 2.45) is 0 Å². The van der Waals surface area contributed by atoms with Gasteiger partial charge in [0.1, 0.15) is 0 Å². The number of nitrogens with one attached hydrogen (secondary N) is 2. The Hall–Kier alpha value is -1.82. The first-order valence-corrected chi connectivity index (χ1v) is 7.18. The lowest BCUT2D eigenvalue weighted by Crippen LogP contribution is -2.27. The van der Waals surface area contributed by atoms with Crippen molar-refractivity contribution in [1.82, 2.24) is 15.5 Å². The van der Waals surface area contributed by atoms with Crippen molar-refractivity contribution in [3.05, 3.63) is 33.8 Å². The summed E-state index contributed by atoms with van der Waals surface area (Å²) < 4.78 is 0. The number of aromatic nitrogens is 2. The largest absolute Gasteiger partial charge is 0.395 e. The maximum Gasteiger partial charge on any atom is 0.274 e. The molecule has 19 heavy (non-hydrogen) atoms. The molecule has 6 heteroatoms. The summed E-state index contributed by atoms with van der Waals surface area (Å²) in [6, 6.07) is 3.91. The van der Waals surface area contributed by atoms with Crippen LogP contribution in [0.25, 0.3) is 0 Å². The molecule has 0 fully saturated rings. The van der Waals surface area contributed by atoms with E-state index in [4.69, 9.17) is 5.73 Å². The number of H-pyrrole nitrogens is 1. The number of nitrogens with zero attached hydrogens (tertiary/aromatic N) is 1. The third-order valence-electron chi connectivity index (χ3n) is 2.92. The topological polar surface area (TPSA) is 83.8 Å². The van der Waals surface area contributed by atoms with E-state index in [0.29, 0.717) is 5.69 Å². The summed E-state index contributed by atoms with van der Waals surface area (Å²) in [5.74, 6) is -0.239. The van der Waals surface area contributed by atoms with E-state index >= 15 is 0 Å². The zero-order valence-corrected chi connectivity index (χ0v) is 11.9. The number of amides is 1. The van der Waals surface area contributed by atoms with Gasteiger partial charge in [-0.1, -0.05) is 19.4 Å². The number of nitrogen functional groups attached to an aromatic ring is 1. The minimum absolute atomic E-state index is 0.0433. The molecule has 0 aliphatic carbocycles. The van der Waals surface area contributed by atoms with Gasteiger partial charge in [-0.2, -0.15) is 5.10 Å². The minimum Gasteiger partial charge on any atom is -0.395 e. The Kier molecular flexibility index (Phi) is 4.21. The van der Waals surface area contributed by atoms with Crippen LogP contribution in [0.15, 0.2) is 17.5 Å². The Labute approximate surface area is 116 Å². The number of carbonyl (C=O) groups excluding carboxylic acids is 1. The molecule has 0 spiro atoms. The van der Waals surface area contributed by atoms with Gasteiger partial charge >= 0.3 is 0 Å². The van der Waals surface area contributed by atoms with Gasteiger partial charge < -0.3 is 11.1 Å². The highest BCUT2D eigenvalue weighted by molar-refractivity contribution is 7.10. The lowest BCUT2D eigenvalue weighted by Gasteiger charge is -2.11. The number of anilines is 1. The summed E-state index contributed by atoms with van der Waals surface area (Å²) in [6.45, 7) is 4.00. The van der Waals surface area contributed by atoms with Crippen LogP contribution in [0.2, 0.25) is 0 Å². The first kappa shape index (κ1) is 13.6. The van der Waals surface area contributed by atoms with E-state index in [1.807, 2.05) is 24.4 Å². The van der Waals surface area contributed by atoms with E-state index in [2.05, 4.69) is 22.4 Å². The molecule has 2 rings (SSSR count). The summed E-state index contributed by atoms with van der Waals surface area (Å²) in [4.78, 5) is 13.2. The van der Waals surface area contributed by atoms with Crippen LogP contribution >= 0.6 is 11.3 Å². The average Bonchev–Trinajstić information content (AvgIpc) is 3.01. The van der Waals surface area contributed by atoms with E-state index < -0.39 is 0 Å². The average molecular weight is 278 g/mol. The first-order valence-electron chi connectivity index (χ1n) is 6.30. The first-order chi connectivity index (χ1) is 9.13. The van der Waals surface area contributed by atoms with Crippen LogP contribution in [-0.2, 0) is 6.42 Å². The van der Waals surface area contributed by atoms with Crippen LogP contribution in [-0.4, -0.2) is 16.1 Å². The monoisotopic (exact) mass is 278 g/mol. The summed E-state index contributed by atoms with van der Waals surface area (Å²) in [6.07, 6.45) is 1.76. The Morgan fingerprint density at radius 2 is 2.42 bits per heavy atom. The molecule has 0 aliphatic rings. The lowest BCUT2D eigenvalue weighted by atomic mass is 10.2. The number of nitrogens with two attached hydrogens (primary N) is 1. The molecule has 4 N–H and O–H groups in total. The molecule has 2 aromatic heterocycles. The zero-order chi connectivity index (χ0) is 13.8. The molecule has 1 amide bonds. The van der Waals surface area contributed by atoms with Crippen molar-refractivity contribution in [3.63, 3.8) is 0 Å². The molecule has 0 bridgehead atoms. The molecule has 1 unspecified atom stereocenters. The molecule has 102 valence electrons. The van der Waals surface area contributed by atoms with Crippen molar-refractivity contribution >= 4 is 22.9 Å². The smallest absolute Gasteiger partial charge is 0.274 e. The van der Waals surface area contributed by atoms with E-state index in [1.54, 1.807) is 11.3 Å². The molecule has 2 aromatic rings. The predicted molar refractivity (Wildman–Crippen MR) is 77.2 cm³/mol. The van der Waals surface area contributed by atoms with Crippen molar-refractivity contribution in [3.8, 4) is 0 Å². The number of carbonyl (C=O) groups is 1. The minimum atomic E-state index is -0.239. The second kappa shape index (κ2) is 5.88. The van der Waals surface area contributed by atoms with Crippen molar-refractivity contribution in [2.45, 2.75) is 32.7 Å². The van der Waals surface area contributed by atoms with Gasteiger partial charge in [0, 0.05) is 4.88 Å². The molecule has 0 saturated carbocycles. The van der Waals surface area contributed by atoms with Gasteiger partial charge in [0.05, 0.1) is 17.4 Å². The zero-order valence-electron chi connectivity index (χ0n) is 11.1. The number of hydrogen-bond acceptors (Lipinski definition) is 4. The van der Waals surface area contributed by atoms with Crippen LogP contribution in [0.5, 0.6) is 0 Å². The fourth-order valence-electron chi connectivity index (χ4n) is 1.87. The van der Waals surface area contributed by atoms with Crippen LogP contribution in [0.1, 0.15) is 47.4 Å². The molecule has 0 aromatic carbocycles. The maximum atomic E-state index is 12.1. The Balaban J connectivity index is 2.08. The summed E-state index contributed by atoms with van der Waals surface area (Å²) in [7, 11) is 0. The Morgan fingerprint density at radius 1 is 1.63 bits per heavy atom. The molecular formula is C13H18N4OS. The van der Waals surface area contributed by atoms with Gasteiger partial charge in [0.25, 0.3) is 5.91 Å². The number of rotatable bonds is 5. The summed E-state index contributed by atoms with van der Waals surface area (Å²) in [5, 5.41) is 11.7. The summed E-state index contributed by atoms with van der Waals surface area (Å²) in [5.41, 5.74) is 7.50. The van der Waals surface area contributed by atoms with Gasteiger partial charge in [0.15, 0.2) is 5.69 Å². The fraction of sp³-hybridized carbons (Fsp3) is 0.385. The number of aryl methyl sites for hydroxylation is 1. The van der Waals surface area contributed by atoms with Crippen LogP contribution in [0.4, 0.5) is 5.69 Å².